The van der Waals surface area contributed by atoms with Crippen LogP contribution in [0.15, 0.2) is 58.4 Å². The van der Waals surface area contributed by atoms with Gasteiger partial charge in [-0.25, -0.2) is 4.39 Å². The summed E-state index contributed by atoms with van der Waals surface area (Å²) in [6, 6.07) is 9.22. The number of nitrogens with zero attached hydrogens (tertiary/aromatic N) is 1. The van der Waals surface area contributed by atoms with E-state index in [2.05, 4.69) is 22.5 Å². The van der Waals surface area contributed by atoms with E-state index in [1.165, 1.54) is 12.1 Å². The minimum atomic E-state index is -0.482. The van der Waals surface area contributed by atoms with Gasteiger partial charge in [-0.15, -0.1) is 0 Å². The molecule has 0 unspecified atom stereocenters. The Hall–Kier alpha value is -2.09. The summed E-state index contributed by atoms with van der Waals surface area (Å²) in [6.45, 7) is 3.90. The van der Waals surface area contributed by atoms with E-state index >= 15 is 0 Å². The number of benzene rings is 2. The number of thioether (sulfide) groups is 1. The Kier molecular flexibility index (Phi) is 6.59. The molecule has 0 aliphatic carbocycles. The molecule has 4 nitrogen and oxygen atoms in total. The predicted octanol–water partition coefficient (Wildman–Crippen LogP) is 6.04. The minimum Gasteiger partial charge on any atom is -0.489 e. The van der Waals surface area contributed by atoms with E-state index in [0.717, 1.165) is 27.2 Å². The molecule has 0 atom stereocenters. The maximum atomic E-state index is 13.2. The summed E-state index contributed by atoms with van der Waals surface area (Å²) >= 11 is 10.2. The number of rotatable bonds is 6. The Morgan fingerprint density at radius 1 is 1.25 bits per heavy atom. The first-order valence-corrected chi connectivity index (χ1v) is 10.1. The number of carbonyl (C=O) groups excluding carboxylic acids is 2. The monoisotopic (exact) mass is 481 g/mol. The van der Waals surface area contributed by atoms with Crippen LogP contribution in [-0.4, -0.2) is 22.7 Å². The SMILES string of the molecule is C=CCOc1ccc(Br)cc1/C=C1\SC(=O)N(Cc2ccc(F)cc2Cl)C1=O. The molecular formula is C20H14BrClFNO3S. The molecule has 2 amide bonds. The molecule has 0 aromatic heterocycles. The molecule has 1 aliphatic heterocycles. The first kappa shape index (κ1) is 20.6. The van der Waals surface area contributed by atoms with Gasteiger partial charge in [0.2, 0.25) is 0 Å². The van der Waals surface area contributed by atoms with Crippen molar-refractivity contribution in [2.24, 2.45) is 0 Å². The van der Waals surface area contributed by atoms with Crippen LogP contribution in [0.2, 0.25) is 5.02 Å². The van der Waals surface area contributed by atoms with Gasteiger partial charge < -0.3 is 4.74 Å². The van der Waals surface area contributed by atoms with Crippen molar-refractivity contribution in [2.75, 3.05) is 6.61 Å². The molecule has 1 saturated heterocycles. The zero-order valence-electron chi connectivity index (χ0n) is 14.5. The lowest BCUT2D eigenvalue weighted by Gasteiger charge is -2.13. The van der Waals surface area contributed by atoms with Crippen LogP contribution >= 0.6 is 39.3 Å². The maximum Gasteiger partial charge on any atom is 0.293 e. The van der Waals surface area contributed by atoms with Crippen molar-refractivity contribution in [1.29, 1.82) is 0 Å². The summed E-state index contributed by atoms with van der Waals surface area (Å²) in [5, 5.41) is -0.254. The fraction of sp³-hybridized carbons (Fsp3) is 0.100. The largest absolute Gasteiger partial charge is 0.489 e. The molecule has 3 rings (SSSR count). The highest BCUT2D eigenvalue weighted by atomic mass is 79.9. The van der Waals surface area contributed by atoms with Crippen LogP contribution in [0.1, 0.15) is 11.1 Å². The number of imide groups is 1. The zero-order valence-corrected chi connectivity index (χ0v) is 17.6. The minimum absolute atomic E-state index is 0.0283. The van der Waals surface area contributed by atoms with Gasteiger partial charge >= 0.3 is 0 Å². The van der Waals surface area contributed by atoms with E-state index in [0.29, 0.717) is 23.5 Å². The number of halogens is 3. The van der Waals surface area contributed by atoms with Crippen molar-refractivity contribution < 1.29 is 18.7 Å². The summed E-state index contributed by atoms with van der Waals surface area (Å²) in [7, 11) is 0. The molecular weight excluding hydrogens is 469 g/mol. The summed E-state index contributed by atoms with van der Waals surface area (Å²) in [5.41, 5.74) is 1.14. The van der Waals surface area contributed by atoms with E-state index in [9.17, 15) is 14.0 Å². The van der Waals surface area contributed by atoms with Crippen LogP contribution in [0.25, 0.3) is 6.08 Å². The van der Waals surface area contributed by atoms with E-state index in [-0.39, 0.29) is 16.5 Å². The smallest absolute Gasteiger partial charge is 0.293 e. The number of carbonyl (C=O) groups is 2. The summed E-state index contributed by atoms with van der Waals surface area (Å²) in [4.78, 5) is 26.4. The molecule has 0 bridgehead atoms. The zero-order chi connectivity index (χ0) is 20.3. The van der Waals surface area contributed by atoms with Crippen LogP contribution in [0.5, 0.6) is 5.75 Å². The highest BCUT2D eigenvalue weighted by Crippen LogP contribution is 2.36. The lowest BCUT2D eigenvalue weighted by molar-refractivity contribution is -0.123. The first-order chi connectivity index (χ1) is 13.4. The quantitative estimate of drug-likeness (QED) is 0.372. The van der Waals surface area contributed by atoms with Crippen molar-refractivity contribution in [3.63, 3.8) is 0 Å². The maximum absolute atomic E-state index is 13.2. The Bertz CT molecular complexity index is 995. The van der Waals surface area contributed by atoms with Gasteiger partial charge in [-0.1, -0.05) is 46.3 Å². The van der Waals surface area contributed by atoms with Gasteiger partial charge in [0.25, 0.3) is 11.1 Å². The second-order valence-electron chi connectivity index (χ2n) is 5.79. The lowest BCUT2D eigenvalue weighted by atomic mass is 10.1. The fourth-order valence-electron chi connectivity index (χ4n) is 2.51. The molecule has 1 aliphatic rings. The Balaban J connectivity index is 1.87. The highest BCUT2D eigenvalue weighted by molar-refractivity contribution is 9.10. The number of hydrogen-bond acceptors (Lipinski definition) is 4. The average Bonchev–Trinajstić information content (AvgIpc) is 2.90. The van der Waals surface area contributed by atoms with Gasteiger partial charge in [0.15, 0.2) is 0 Å². The predicted molar refractivity (Wildman–Crippen MR) is 113 cm³/mol. The topological polar surface area (TPSA) is 46.6 Å². The second kappa shape index (κ2) is 8.94. The lowest BCUT2D eigenvalue weighted by Crippen LogP contribution is -2.27. The first-order valence-electron chi connectivity index (χ1n) is 8.11. The van der Waals surface area contributed by atoms with Gasteiger partial charge in [0.1, 0.15) is 18.2 Å². The number of amides is 2. The third kappa shape index (κ3) is 4.66. The summed E-state index contributed by atoms with van der Waals surface area (Å²) < 4.78 is 19.6. The van der Waals surface area contributed by atoms with Crippen LogP contribution in [0.4, 0.5) is 9.18 Å². The number of hydrogen-bond donors (Lipinski definition) is 0. The summed E-state index contributed by atoms with van der Waals surface area (Å²) in [5.74, 6) is -0.356. The molecule has 8 heteroatoms. The van der Waals surface area contributed by atoms with E-state index in [4.69, 9.17) is 16.3 Å². The van der Waals surface area contributed by atoms with Crippen LogP contribution in [0.3, 0.4) is 0 Å². The van der Waals surface area contributed by atoms with E-state index in [1.54, 1.807) is 24.3 Å². The number of ether oxygens (including phenoxy) is 1. The Morgan fingerprint density at radius 3 is 2.75 bits per heavy atom. The summed E-state index contributed by atoms with van der Waals surface area (Å²) in [6.07, 6.45) is 3.23. The van der Waals surface area contributed by atoms with Crippen molar-refractivity contribution in [1.82, 2.24) is 4.90 Å². The Morgan fingerprint density at radius 2 is 2.04 bits per heavy atom. The van der Waals surface area contributed by atoms with Gasteiger partial charge in [-0.3, -0.25) is 14.5 Å². The van der Waals surface area contributed by atoms with Crippen molar-refractivity contribution in [3.8, 4) is 5.75 Å². The molecule has 0 spiro atoms. The molecule has 2 aromatic carbocycles. The highest BCUT2D eigenvalue weighted by Gasteiger charge is 2.35. The van der Waals surface area contributed by atoms with Gasteiger partial charge in [0, 0.05) is 15.1 Å². The molecule has 0 saturated carbocycles. The second-order valence-corrected chi connectivity index (χ2v) is 8.10. The molecule has 28 heavy (non-hydrogen) atoms. The Labute approximate surface area is 179 Å². The third-order valence-corrected chi connectivity index (χ3v) is 5.58. The van der Waals surface area contributed by atoms with Gasteiger partial charge in [0.05, 0.1) is 11.4 Å². The molecule has 1 heterocycles. The van der Waals surface area contributed by atoms with Crippen LogP contribution in [-0.2, 0) is 11.3 Å². The molecule has 0 N–H and O–H groups in total. The van der Waals surface area contributed by atoms with Crippen molar-refractivity contribution >= 4 is 56.5 Å². The van der Waals surface area contributed by atoms with Crippen LogP contribution < -0.4 is 4.74 Å². The van der Waals surface area contributed by atoms with Crippen molar-refractivity contribution in [3.05, 3.63) is 80.4 Å². The molecule has 1 fully saturated rings. The normalized spacial score (nSPS) is 15.4. The van der Waals surface area contributed by atoms with E-state index < -0.39 is 17.0 Å². The standard InChI is InChI=1S/C20H14BrClFNO3S/c1-2-7-27-17-6-4-14(21)8-13(17)9-18-19(25)24(20(26)28-18)11-12-3-5-15(23)10-16(12)22/h2-6,8-10H,1,7,11H2/b18-9-. The van der Waals surface area contributed by atoms with Crippen LogP contribution in [0, 0.1) is 5.82 Å². The van der Waals surface area contributed by atoms with E-state index in [1.807, 2.05) is 6.07 Å². The van der Waals surface area contributed by atoms with Gasteiger partial charge in [-0.05, 0) is 53.7 Å². The van der Waals surface area contributed by atoms with Gasteiger partial charge in [-0.2, -0.15) is 0 Å². The third-order valence-electron chi connectivity index (χ3n) is 3.83. The van der Waals surface area contributed by atoms with Crippen molar-refractivity contribution in [2.45, 2.75) is 6.54 Å². The molecule has 2 aromatic rings. The average molecular weight is 483 g/mol. The molecule has 0 radical (unpaired) electrons. The molecule has 144 valence electrons. The fourth-order valence-corrected chi connectivity index (χ4v) is 3.95.